The first-order valence-electron chi connectivity index (χ1n) is 7.17. The van der Waals surface area contributed by atoms with Gasteiger partial charge in [0.2, 0.25) is 0 Å². The molecule has 1 atom stereocenters. The van der Waals surface area contributed by atoms with E-state index < -0.39 is 0 Å². The van der Waals surface area contributed by atoms with E-state index in [2.05, 4.69) is 11.1 Å². The number of hydrogen-bond donors (Lipinski definition) is 2. The van der Waals surface area contributed by atoms with Gasteiger partial charge in [-0.15, -0.1) is 0 Å². The van der Waals surface area contributed by atoms with Gasteiger partial charge in [0.15, 0.2) is 0 Å². The van der Waals surface area contributed by atoms with E-state index >= 15 is 0 Å². The second-order valence-corrected chi connectivity index (χ2v) is 6.06. The van der Waals surface area contributed by atoms with Gasteiger partial charge in [-0.1, -0.05) is 6.07 Å². The van der Waals surface area contributed by atoms with E-state index in [4.69, 9.17) is 11.5 Å². The minimum atomic E-state index is -0.0700. The highest BCUT2D eigenvalue weighted by Crippen LogP contribution is 2.43. The molecule has 1 aromatic rings. The van der Waals surface area contributed by atoms with Gasteiger partial charge in [-0.3, -0.25) is 4.98 Å². The summed E-state index contributed by atoms with van der Waals surface area (Å²) in [5.74, 6) is 0.440. The molecule has 3 rings (SSSR count). The maximum Gasteiger partial charge on any atom is 0.0484 e. The minimum Gasteiger partial charge on any atom is -0.328 e. The van der Waals surface area contributed by atoms with Crippen molar-refractivity contribution >= 4 is 0 Å². The molecule has 3 heteroatoms. The lowest BCUT2D eigenvalue weighted by atomic mass is 9.67. The zero-order valence-corrected chi connectivity index (χ0v) is 10.9. The molecule has 4 N–H and O–H groups in total. The quantitative estimate of drug-likeness (QED) is 0.796. The van der Waals surface area contributed by atoms with Crippen LogP contribution in [0.2, 0.25) is 0 Å². The topological polar surface area (TPSA) is 64.9 Å². The van der Waals surface area contributed by atoms with E-state index in [-0.39, 0.29) is 5.54 Å². The normalized spacial score (nSPS) is 36.1. The molecule has 0 radical (unpaired) electrons. The summed E-state index contributed by atoms with van der Waals surface area (Å²) in [7, 11) is 0. The second-order valence-electron chi connectivity index (χ2n) is 6.06. The van der Waals surface area contributed by atoms with Gasteiger partial charge >= 0.3 is 0 Å². The summed E-state index contributed by atoms with van der Waals surface area (Å²) in [4.78, 5) is 4.63. The van der Waals surface area contributed by atoms with Crippen LogP contribution in [-0.4, -0.2) is 16.6 Å². The molecular weight excluding hydrogens is 222 g/mol. The molecule has 0 spiro atoms. The van der Waals surface area contributed by atoms with E-state index in [0.29, 0.717) is 12.0 Å². The predicted molar refractivity (Wildman–Crippen MR) is 73.3 cm³/mol. The molecule has 0 aromatic carbocycles. The Labute approximate surface area is 109 Å². The van der Waals surface area contributed by atoms with Crippen molar-refractivity contribution in [2.45, 2.75) is 62.4 Å². The van der Waals surface area contributed by atoms with Gasteiger partial charge in [-0.25, -0.2) is 0 Å². The lowest BCUT2D eigenvalue weighted by molar-refractivity contribution is 0.212. The fourth-order valence-corrected chi connectivity index (χ4v) is 3.70. The highest BCUT2D eigenvalue weighted by atomic mass is 14.8. The average Bonchev–Trinajstić information content (AvgIpc) is 2.42. The molecule has 98 valence electrons. The Balaban J connectivity index is 1.89. The highest BCUT2D eigenvalue weighted by molar-refractivity contribution is 5.29. The first kappa shape index (κ1) is 12.1. The standard InChI is InChI=1S/C15H23N3/c16-12-6-8-15(17,9-7-12)13-5-1-3-11-4-2-10-18-14(11)13/h2,4,10,12-13H,1,3,5-9,16-17H2/t12?,13-,15?/m1/s1. The third kappa shape index (κ3) is 2.06. The van der Waals surface area contributed by atoms with E-state index in [0.717, 1.165) is 32.1 Å². The Morgan fingerprint density at radius 1 is 1.22 bits per heavy atom. The van der Waals surface area contributed by atoms with Gasteiger partial charge in [0.25, 0.3) is 0 Å². The first-order valence-corrected chi connectivity index (χ1v) is 7.17. The van der Waals surface area contributed by atoms with Gasteiger partial charge < -0.3 is 11.5 Å². The van der Waals surface area contributed by atoms with Crippen LogP contribution < -0.4 is 11.5 Å². The maximum atomic E-state index is 6.72. The zero-order chi connectivity index (χ0) is 12.6. The van der Waals surface area contributed by atoms with Crippen molar-refractivity contribution in [2.75, 3.05) is 0 Å². The van der Waals surface area contributed by atoms with Crippen LogP contribution in [0.5, 0.6) is 0 Å². The van der Waals surface area contributed by atoms with Crippen molar-refractivity contribution in [1.82, 2.24) is 4.98 Å². The molecule has 0 unspecified atom stereocenters. The van der Waals surface area contributed by atoms with Crippen LogP contribution in [-0.2, 0) is 6.42 Å². The molecule has 2 aliphatic carbocycles. The molecule has 0 bridgehead atoms. The summed E-state index contributed by atoms with van der Waals surface area (Å²) in [5, 5.41) is 0. The molecule has 2 aliphatic rings. The maximum absolute atomic E-state index is 6.72. The van der Waals surface area contributed by atoms with Crippen molar-refractivity contribution in [3.8, 4) is 0 Å². The summed E-state index contributed by atoms with van der Waals surface area (Å²) in [6.07, 6.45) is 9.74. The van der Waals surface area contributed by atoms with E-state index in [9.17, 15) is 0 Å². The molecule has 1 saturated carbocycles. The predicted octanol–water partition coefficient (Wildman–Crippen LogP) is 2.10. The largest absolute Gasteiger partial charge is 0.328 e. The summed E-state index contributed by atoms with van der Waals surface area (Å²) in [6.45, 7) is 0. The molecular formula is C15H23N3. The molecule has 18 heavy (non-hydrogen) atoms. The first-order chi connectivity index (χ1) is 8.69. The summed E-state index contributed by atoms with van der Waals surface area (Å²) < 4.78 is 0. The Hall–Kier alpha value is -0.930. The van der Waals surface area contributed by atoms with Crippen molar-refractivity contribution in [2.24, 2.45) is 11.5 Å². The highest BCUT2D eigenvalue weighted by Gasteiger charge is 2.41. The van der Waals surface area contributed by atoms with Crippen molar-refractivity contribution in [3.05, 3.63) is 29.6 Å². The Kier molecular flexibility index (Phi) is 3.12. The van der Waals surface area contributed by atoms with E-state index in [1.807, 2.05) is 12.3 Å². The zero-order valence-electron chi connectivity index (χ0n) is 10.9. The molecule has 1 fully saturated rings. The van der Waals surface area contributed by atoms with E-state index in [1.165, 1.54) is 24.1 Å². The molecule has 1 heterocycles. The van der Waals surface area contributed by atoms with Crippen LogP contribution in [0.4, 0.5) is 0 Å². The number of nitrogens with two attached hydrogens (primary N) is 2. The number of aromatic nitrogens is 1. The molecule has 0 amide bonds. The number of fused-ring (bicyclic) bond motifs is 1. The molecule has 1 aromatic heterocycles. The number of rotatable bonds is 1. The van der Waals surface area contributed by atoms with Gasteiger partial charge in [-0.05, 0) is 56.6 Å². The van der Waals surface area contributed by atoms with Crippen LogP contribution in [0.15, 0.2) is 18.3 Å². The van der Waals surface area contributed by atoms with Crippen LogP contribution >= 0.6 is 0 Å². The third-order valence-corrected chi connectivity index (χ3v) is 4.85. The van der Waals surface area contributed by atoms with Crippen LogP contribution in [0.3, 0.4) is 0 Å². The fourth-order valence-electron chi connectivity index (χ4n) is 3.70. The van der Waals surface area contributed by atoms with Crippen molar-refractivity contribution < 1.29 is 0 Å². The van der Waals surface area contributed by atoms with Gasteiger partial charge in [0.1, 0.15) is 0 Å². The SMILES string of the molecule is NC1CCC(N)([C@@H]2CCCc3cccnc32)CC1. The van der Waals surface area contributed by atoms with Gasteiger partial charge in [0, 0.05) is 29.4 Å². The Morgan fingerprint density at radius 3 is 2.78 bits per heavy atom. The van der Waals surface area contributed by atoms with Crippen molar-refractivity contribution in [3.63, 3.8) is 0 Å². The summed E-state index contributed by atoms with van der Waals surface area (Å²) in [5.41, 5.74) is 15.3. The lowest BCUT2D eigenvalue weighted by Crippen LogP contribution is -2.51. The van der Waals surface area contributed by atoms with Crippen LogP contribution in [0, 0.1) is 0 Å². The van der Waals surface area contributed by atoms with Crippen LogP contribution in [0.1, 0.15) is 55.7 Å². The van der Waals surface area contributed by atoms with Crippen molar-refractivity contribution in [1.29, 1.82) is 0 Å². The average molecular weight is 245 g/mol. The Bertz CT molecular complexity index is 422. The number of nitrogens with zero attached hydrogens (tertiary/aromatic N) is 1. The van der Waals surface area contributed by atoms with Gasteiger partial charge in [0.05, 0.1) is 0 Å². The molecule has 0 aliphatic heterocycles. The van der Waals surface area contributed by atoms with E-state index in [1.54, 1.807) is 0 Å². The second kappa shape index (κ2) is 4.63. The number of aryl methyl sites for hydroxylation is 1. The smallest absolute Gasteiger partial charge is 0.0484 e. The molecule has 0 saturated heterocycles. The number of hydrogen-bond acceptors (Lipinski definition) is 3. The lowest BCUT2D eigenvalue weighted by Gasteiger charge is -2.44. The monoisotopic (exact) mass is 245 g/mol. The fraction of sp³-hybridized carbons (Fsp3) is 0.667. The van der Waals surface area contributed by atoms with Crippen LogP contribution in [0.25, 0.3) is 0 Å². The summed E-state index contributed by atoms with van der Waals surface area (Å²) in [6, 6.07) is 4.61. The molecule has 3 nitrogen and oxygen atoms in total. The summed E-state index contributed by atoms with van der Waals surface area (Å²) >= 11 is 0. The van der Waals surface area contributed by atoms with Gasteiger partial charge in [-0.2, -0.15) is 0 Å². The minimum absolute atomic E-state index is 0.0700. The third-order valence-electron chi connectivity index (χ3n) is 4.85. The Morgan fingerprint density at radius 2 is 2.00 bits per heavy atom. The number of pyridine rings is 1.